The number of benzene rings is 1. The Kier molecular flexibility index (Phi) is 3.38. The van der Waals surface area contributed by atoms with Gasteiger partial charge in [-0.2, -0.15) is 0 Å². The molecule has 0 spiro atoms. The molecular weight excluding hydrogens is 240 g/mol. The fourth-order valence-corrected chi connectivity index (χ4v) is 2.32. The molecule has 0 fully saturated rings. The van der Waals surface area contributed by atoms with Crippen molar-refractivity contribution in [1.29, 1.82) is 0 Å². The first-order valence-corrected chi connectivity index (χ1v) is 5.69. The molecule has 17 heavy (non-hydrogen) atoms. The van der Waals surface area contributed by atoms with Crippen LogP contribution in [0.1, 0.15) is 17.5 Å². The zero-order valence-corrected chi connectivity index (χ0v) is 10.5. The van der Waals surface area contributed by atoms with Crippen molar-refractivity contribution < 1.29 is 14.3 Å². The molecule has 0 unspecified atom stereocenters. The fraction of sp³-hybridized carbons (Fsp3) is 0.308. The Morgan fingerprint density at radius 2 is 2.06 bits per heavy atom. The number of carbonyl (C=O) groups is 1. The second kappa shape index (κ2) is 4.80. The number of hydrogen-bond acceptors (Lipinski definition) is 3. The van der Waals surface area contributed by atoms with Crippen LogP contribution in [0.4, 0.5) is 0 Å². The van der Waals surface area contributed by atoms with Gasteiger partial charge in [0.25, 0.3) is 0 Å². The van der Waals surface area contributed by atoms with Crippen LogP contribution < -0.4 is 4.74 Å². The average Bonchev–Trinajstić information content (AvgIpc) is 2.38. The monoisotopic (exact) mass is 252 g/mol. The van der Waals surface area contributed by atoms with Gasteiger partial charge in [0.2, 0.25) is 0 Å². The highest BCUT2D eigenvalue weighted by atomic mass is 35.5. The molecule has 0 bridgehead atoms. The van der Waals surface area contributed by atoms with Crippen molar-refractivity contribution in [2.45, 2.75) is 12.8 Å². The lowest BCUT2D eigenvalue weighted by Crippen LogP contribution is -2.12. The molecule has 0 radical (unpaired) electrons. The van der Waals surface area contributed by atoms with Crippen LogP contribution in [0.5, 0.6) is 5.75 Å². The number of carbonyl (C=O) groups excluding carboxylic acids is 1. The maximum absolute atomic E-state index is 11.5. The molecule has 0 atom stereocenters. The first-order chi connectivity index (χ1) is 8.17. The second-order valence-corrected chi connectivity index (χ2v) is 4.19. The van der Waals surface area contributed by atoms with E-state index in [1.54, 1.807) is 7.11 Å². The van der Waals surface area contributed by atoms with Gasteiger partial charge in [-0.3, -0.25) is 0 Å². The summed E-state index contributed by atoms with van der Waals surface area (Å²) in [6.45, 7) is 0. The van der Waals surface area contributed by atoms with Gasteiger partial charge in [0.15, 0.2) is 0 Å². The van der Waals surface area contributed by atoms with Gasteiger partial charge in [0.1, 0.15) is 5.75 Å². The van der Waals surface area contributed by atoms with E-state index < -0.39 is 0 Å². The maximum Gasteiger partial charge on any atom is 0.335 e. The molecule has 4 heteroatoms. The molecule has 1 aliphatic rings. The normalized spacial score (nSPS) is 14.3. The van der Waals surface area contributed by atoms with Crippen molar-refractivity contribution in [3.05, 3.63) is 34.9 Å². The summed E-state index contributed by atoms with van der Waals surface area (Å²) in [6.07, 6.45) is 1.37. The molecule has 0 amide bonds. The third kappa shape index (κ3) is 2.15. The molecule has 0 aliphatic heterocycles. The molecule has 0 heterocycles. The van der Waals surface area contributed by atoms with Crippen LogP contribution in [-0.2, 0) is 16.0 Å². The van der Waals surface area contributed by atoms with E-state index in [-0.39, 0.29) is 5.97 Å². The number of rotatable bonds is 2. The van der Waals surface area contributed by atoms with E-state index in [2.05, 4.69) is 0 Å². The minimum Gasteiger partial charge on any atom is -0.497 e. The third-order valence-corrected chi connectivity index (χ3v) is 3.32. The van der Waals surface area contributed by atoms with Gasteiger partial charge in [-0.15, -0.1) is 0 Å². The second-order valence-electron chi connectivity index (χ2n) is 3.81. The molecule has 1 aliphatic carbocycles. The van der Waals surface area contributed by atoms with Crippen LogP contribution in [0.25, 0.3) is 5.03 Å². The Hall–Kier alpha value is -1.48. The van der Waals surface area contributed by atoms with Gasteiger partial charge in [-0.05, 0) is 42.2 Å². The van der Waals surface area contributed by atoms with Crippen molar-refractivity contribution >= 4 is 22.6 Å². The molecule has 2 rings (SSSR count). The zero-order valence-electron chi connectivity index (χ0n) is 9.75. The number of esters is 1. The third-order valence-electron chi connectivity index (χ3n) is 2.89. The number of halogens is 1. The van der Waals surface area contributed by atoms with Crippen molar-refractivity contribution in [2.75, 3.05) is 14.2 Å². The lowest BCUT2D eigenvalue weighted by Gasteiger charge is -2.18. The van der Waals surface area contributed by atoms with Crippen molar-refractivity contribution in [1.82, 2.24) is 0 Å². The molecule has 1 aromatic rings. The van der Waals surface area contributed by atoms with Crippen molar-refractivity contribution in [3.8, 4) is 5.75 Å². The van der Waals surface area contributed by atoms with Gasteiger partial charge in [0, 0.05) is 0 Å². The Labute approximate surface area is 105 Å². The van der Waals surface area contributed by atoms with Crippen LogP contribution in [0.3, 0.4) is 0 Å². The van der Waals surface area contributed by atoms with Crippen LogP contribution in [0, 0.1) is 0 Å². The Morgan fingerprint density at radius 1 is 1.29 bits per heavy atom. The van der Waals surface area contributed by atoms with Crippen LogP contribution >= 0.6 is 11.6 Å². The summed E-state index contributed by atoms with van der Waals surface area (Å²) in [5.74, 6) is 0.450. The summed E-state index contributed by atoms with van der Waals surface area (Å²) < 4.78 is 9.87. The Balaban J connectivity index is 2.46. The standard InChI is InChI=1S/C13H13ClO3/c1-16-9-4-6-10-8(7-9)3-5-11(12(10)14)13(15)17-2/h4,6-7H,3,5H2,1-2H3. The smallest absolute Gasteiger partial charge is 0.335 e. The van der Waals surface area contributed by atoms with Crippen LogP contribution in [0.15, 0.2) is 23.8 Å². The molecular formula is C13H13ClO3. The van der Waals surface area contributed by atoms with E-state index >= 15 is 0 Å². The molecule has 1 aromatic carbocycles. The number of methoxy groups -OCH3 is 2. The van der Waals surface area contributed by atoms with E-state index in [0.717, 1.165) is 23.3 Å². The zero-order chi connectivity index (χ0) is 12.4. The number of hydrogen-bond donors (Lipinski definition) is 0. The van der Waals surface area contributed by atoms with Gasteiger partial charge < -0.3 is 9.47 Å². The summed E-state index contributed by atoms with van der Waals surface area (Å²) in [6, 6.07) is 5.66. The van der Waals surface area contributed by atoms with E-state index in [1.807, 2.05) is 18.2 Å². The van der Waals surface area contributed by atoms with Crippen LogP contribution in [0.2, 0.25) is 0 Å². The number of aryl methyl sites for hydroxylation is 1. The fourth-order valence-electron chi connectivity index (χ4n) is 1.96. The van der Waals surface area contributed by atoms with Crippen molar-refractivity contribution in [3.63, 3.8) is 0 Å². The first kappa shape index (κ1) is 12.0. The van der Waals surface area contributed by atoms with Gasteiger partial charge in [-0.25, -0.2) is 4.79 Å². The Morgan fingerprint density at radius 3 is 2.71 bits per heavy atom. The predicted molar refractivity (Wildman–Crippen MR) is 66.1 cm³/mol. The highest BCUT2D eigenvalue weighted by molar-refractivity contribution is 6.51. The van der Waals surface area contributed by atoms with Crippen molar-refractivity contribution in [2.24, 2.45) is 0 Å². The highest BCUT2D eigenvalue weighted by Crippen LogP contribution is 2.36. The van der Waals surface area contributed by atoms with Crippen LogP contribution in [-0.4, -0.2) is 20.2 Å². The summed E-state index contributed by atoms with van der Waals surface area (Å²) in [7, 11) is 2.99. The maximum atomic E-state index is 11.5. The van der Waals surface area contributed by atoms with E-state index in [0.29, 0.717) is 17.0 Å². The minimum absolute atomic E-state index is 0.350. The predicted octanol–water partition coefficient (Wildman–Crippen LogP) is 2.76. The van der Waals surface area contributed by atoms with Gasteiger partial charge >= 0.3 is 5.97 Å². The molecule has 0 aromatic heterocycles. The largest absolute Gasteiger partial charge is 0.497 e. The number of ether oxygens (including phenoxy) is 2. The summed E-state index contributed by atoms with van der Waals surface area (Å²) in [5.41, 5.74) is 2.54. The highest BCUT2D eigenvalue weighted by Gasteiger charge is 2.23. The summed E-state index contributed by atoms with van der Waals surface area (Å²) in [5, 5.41) is 0.487. The van der Waals surface area contributed by atoms with E-state index in [4.69, 9.17) is 21.1 Å². The summed E-state index contributed by atoms with van der Waals surface area (Å²) in [4.78, 5) is 11.5. The average molecular weight is 253 g/mol. The molecule has 0 N–H and O–H groups in total. The van der Waals surface area contributed by atoms with Gasteiger partial charge in [0.05, 0.1) is 24.8 Å². The Bertz CT molecular complexity index is 491. The lowest BCUT2D eigenvalue weighted by atomic mass is 9.92. The van der Waals surface area contributed by atoms with Gasteiger partial charge in [-0.1, -0.05) is 11.6 Å². The number of fused-ring (bicyclic) bond motifs is 1. The van der Waals surface area contributed by atoms with E-state index in [9.17, 15) is 4.79 Å². The van der Waals surface area contributed by atoms with E-state index in [1.165, 1.54) is 7.11 Å². The molecule has 3 nitrogen and oxygen atoms in total. The minimum atomic E-state index is -0.350. The first-order valence-electron chi connectivity index (χ1n) is 5.31. The topological polar surface area (TPSA) is 35.5 Å². The lowest BCUT2D eigenvalue weighted by molar-refractivity contribution is -0.136. The molecule has 0 saturated carbocycles. The molecule has 0 saturated heterocycles. The SMILES string of the molecule is COC(=O)C1=C(Cl)c2ccc(OC)cc2CC1. The quantitative estimate of drug-likeness (QED) is 0.760. The summed E-state index contributed by atoms with van der Waals surface area (Å²) >= 11 is 6.22. The molecule has 90 valence electrons.